The Hall–Kier alpha value is -1.37. The van der Waals surface area contributed by atoms with Crippen molar-refractivity contribution in [2.45, 2.75) is 70.4 Å². The van der Waals surface area contributed by atoms with Crippen LogP contribution in [0, 0.1) is 23.2 Å². The highest BCUT2D eigenvalue weighted by atomic mass is 79.9. The SMILES string of the molecule is COCC(C)(O)CCn1cc(C(=O)NCCC23CC4CC(CC(C4)C2)C3)c2c(Br)cccc21. The van der Waals surface area contributed by atoms with E-state index in [2.05, 4.69) is 25.8 Å². The van der Waals surface area contributed by atoms with Crippen LogP contribution in [-0.4, -0.2) is 41.4 Å². The molecule has 4 aliphatic carbocycles. The molecule has 4 fully saturated rings. The molecule has 0 aliphatic heterocycles. The highest BCUT2D eigenvalue weighted by Gasteiger charge is 2.50. The average molecular weight is 518 g/mol. The number of aryl methyl sites for hydroxylation is 1. The Morgan fingerprint density at radius 1 is 1.24 bits per heavy atom. The number of benzene rings is 1. The number of amides is 1. The molecular weight excluding hydrogens is 480 g/mol. The Kier molecular flexibility index (Phi) is 6.38. The Balaban J connectivity index is 1.28. The normalized spacial score (nSPS) is 30.0. The molecule has 1 heterocycles. The van der Waals surface area contributed by atoms with Crippen molar-refractivity contribution in [2.24, 2.45) is 23.2 Å². The van der Waals surface area contributed by atoms with Gasteiger partial charge in [-0.1, -0.05) is 22.0 Å². The summed E-state index contributed by atoms with van der Waals surface area (Å²) in [4.78, 5) is 13.3. The number of rotatable bonds is 9. The van der Waals surface area contributed by atoms with Gasteiger partial charge in [0.25, 0.3) is 5.91 Å². The van der Waals surface area contributed by atoms with E-state index in [1.807, 2.05) is 24.4 Å². The van der Waals surface area contributed by atoms with Gasteiger partial charge in [-0.05, 0) is 93.6 Å². The molecule has 0 radical (unpaired) electrons. The van der Waals surface area contributed by atoms with Gasteiger partial charge in [0.2, 0.25) is 0 Å². The van der Waals surface area contributed by atoms with Crippen LogP contribution in [0.1, 0.15) is 68.6 Å². The molecule has 6 heteroatoms. The summed E-state index contributed by atoms with van der Waals surface area (Å²) in [5.74, 6) is 2.82. The summed E-state index contributed by atoms with van der Waals surface area (Å²) in [6, 6.07) is 6.02. The van der Waals surface area contributed by atoms with Crippen LogP contribution in [0.2, 0.25) is 0 Å². The van der Waals surface area contributed by atoms with Crippen LogP contribution in [0.15, 0.2) is 28.9 Å². The number of nitrogens with one attached hydrogen (secondary N) is 1. The first-order chi connectivity index (χ1) is 15.8. The molecule has 2 aromatic rings. The van der Waals surface area contributed by atoms with Crippen molar-refractivity contribution in [3.05, 3.63) is 34.4 Å². The van der Waals surface area contributed by atoms with Crippen LogP contribution in [0.5, 0.6) is 0 Å². The van der Waals surface area contributed by atoms with Crippen LogP contribution < -0.4 is 5.32 Å². The van der Waals surface area contributed by atoms with E-state index < -0.39 is 5.60 Å². The minimum Gasteiger partial charge on any atom is -0.388 e. The van der Waals surface area contributed by atoms with Gasteiger partial charge in [-0.15, -0.1) is 0 Å². The lowest BCUT2D eigenvalue weighted by Crippen LogP contribution is -2.47. The lowest BCUT2D eigenvalue weighted by atomic mass is 9.49. The number of carbonyl (C=O) groups is 1. The number of hydrogen-bond acceptors (Lipinski definition) is 3. The monoisotopic (exact) mass is 516 g/mol. The first kappa shape index (κ1) is 23.4. The Labute approximate surface area is 205 Å². The van der Waals surface area contributed by atoms with Crippen molar-refractivity contribution in [3.8, 4) is 0 Å². The molecule has 0 saturated heterocycles. The van der Waals surface area contributed by atoms with Crippen LogP contribution in [0.25, 0.3) is 10.9 Å². The van der Waals surface area contributed by atoms with Crippen LogP contribution >= 0.6 is 15.9 Å². The third-order valence-electron chi connectivity index (χ3n) is 8.55. The molecule has 1 atom stereocenters. The maximum absolute atomic E-state index is 13.3. The number of nitrogens with zero attached hydrogens (tertiary/aromatic N) is 1. The molecule has 4 saturated carbocycles. The van der Waals surface area contributed by atoms with E-state index in [0.29, 0.717) is 23.9 Å². The van der Waals surface area contributed by atoms with Crippen LogP contribution in [0.4, 0.5) is 0 Å². The molecule has 2 N–H and O–H groups in total. The molecule has 6 rings (SSSR count). The van der Waals surface area contributed by atoms with Gasteiger partial charge in [-0.25, -0.2) is 0 Å². The van der Waals surface area contributed by atoms with Crippen molar-refractivity contribution < 1.29 is 14.6 Å². The Morgan fingerprint density at radius 2 is 1.91 bits per heavy atom. The molecule has 1 aromatic carbocycles. The van der Waals surface area contributed by atoms with E-state index >= 15 is 0 Å². The fraction of sp³-hybridized carbons (Fsp3) is 0.667. The summed E-state index contributed by atoms with van der Waals surface area (Å²) in [5.41, 5.74) is 1.28. The molecule has 1 aromatic heterocycles. The molecule has 0 spiro atoms. The van der Waals surface area contributed by atoms with Crippen LogP contribution in [-0.2, 0) is 11.3 Å². The molecular formula is C27H37BrN2O3. The Bertz CT molecular complexity index is 993. The van der Waals surface area contributed by atoms with E-state index in [1.54, 1.807) is 14.0 Å². The number of ether oxygens (including phenoxy) is 1. The van der Waals surface area contributed by atoms with Crippen molar-refractivity contribution in [2.75, 3.05) is 20.3 Å². The lowest BCUT2D eigenvalue weighted by Gasteiger charge is -2.57. The molecule has 33 heavy (non-hydrogen) atoms. The second-order valence-electron chi connectivity index (χ2n) is 11.5. The van der Waals surface area contributed by atoms with Crippen molar-refractivity contribution in [3.63, 3.8) is 0 Å². The predicted molar refractivity (Wildman–Crippen MR) is 134 cm³/mol. The Morgan fingerprint density at radius 3 is 2.55 bits per heavy atom. The van der Waals surface area contributed by atoms with Crippen LogP contribution in [0.3, 0.4) is 0 Å². The van der Waals surface area contributed by atoms with Gasteiger partial charge < -0.3 is 19.7 Å². The highest BCUT2D eigenvalue weighted by molar-refractivity contribution is 9.10. The number of aliphatic hydroxyl groups is 1. The topological polar surface area (TPSA) is 63.5 Å². The first-order valence-electron chi connectivity index (χ1n) is 12.5. The maximum Gasteiger partial charge on any atom is 0.253 e. The predicted octanol–water partition coefficient (Wildman–Crippen LogP) is 5.53. The quantitative estimate of drug-likeness (QED) is 0.460. The van der Waals surface area contributed by atoms with Crippen molar-refractivity contribution in [1.29, 1.82) is 0 Å². The van der Waals surface area contributed by atoms with Gasteiger partial charge >= 0.3 is 0 Å². The van der Waals surface area contributed by atoms with E-state index in [9.17, 15) is 9.90 Å². The van der Waals surface area contributed by atoms with E-state index in [0.717, 1.165) is 46.1 Å². The minimum absolute atomic E-state index is 0.000898. The largest absolute Gasteiger partial charge is 0.388 e. The zero-order chi connectivity index (χ0) is 23.2. The molecule has 4 bridgehead atoms. The average Bonchev–Trinajstić information content (AvgIpc) is 3.11. The second-order valence-corrected chi connectivity index (χ2v) is 12.3. The summed E-state index contributed by atoms with van der Waals surface area (Å²) >= 11 is 3.66. The number of aromatic nitrogens is 1. The van der Waals surface area contributed by atoms with Gasteiger partial charge in [-0.2, -0.15) is 0 Å². The van der Waals surface area contributed by atoms with Gasteiger partial charge in [0.05, 0.1) is 17.8 Å². The van der Waals surface area contributed by atoms with Crippen molar-refractivity contribution >= 4 is 32.7 Å². The number of carbonyl (C=O) groups excluding carboxylic acids is 1. The molecule has 4 aliphatic rings. The zero-order valence-electron chi connectivity index (χ0n) is 19.9. The zero-order valence-corrected chi connectivity index (χ0v) is 21.5. The fourth-order valence-electron chi connectivity index (χ4n) is 7.54. The lowest BCUT2D eigenvalue weighted by molar-refractivity contribution is -0.0564. The number of methoxy groups -OCH3 is 1. The molecule has 5 nitrogen and oxygen atoms in total. The number of halogens is 1. The van der Waals surface area contributed by atoms with Gasteiger partial charge in [0.15, 0.2) is 0 Å². The summed E-state index contributed by atoms with van der Waals surface area (Å²) in [6.45, 7) is 3.44. The smallest absolute Gasteiger partial charge is 0.253 e. The third kappa shape index (κ3) is 4.76. The highest BCUT2D eigenvalue weighted by Crippen LogP contribution is 2.61. The fourth-order valence-corrected chi connectivity index (χ4v) is 8.11. The first-order valence-corrected chi connectivity index (χ1v) is 13.3. The third-order valence-corrected chi connectivity index (χ3v) is 9.21. The molecule has 1 amide bonds. The number of fused-ring (bicyclic) bond motifs is 1. The summed E-state index contributed by atoms with van der Waals surface area (Å²) in [7, 11) is 1.60. The standard InChI is InChI=1S/C27H37BrN2O3/c1-26(32,17-33-2)7-9-30-16-21(24-22(28)4-3-5-23(24)30)25(31)29-8-6-27-13-18-10-19(14-27)12-20(11-18)15-27/h3-5,16,18-20,32H,6-15,17H2,1-2H3,(H,29,31). The second kappa shape index (κ2) is 9.01. The summed E-state index contributed by atoms with van der Waals surface area (Å²) in [5, 5.41) is 14.7. The van der Waals surface area contributed by atoms with Gasteiger partial charge in [-0.3, -0.25) is 4.79 Å². The number of hydrogen-bond donors (Lipinski definition) is 2. The van der Waals surface area contributed by atoms with E-state index in [4.69, 9.17) is 4.74 Å². The molecule has 180 valence electrons. The maximum atomic E-state index is 13.3. The summed E-state index contributed by atoms with van der Waals surface area (Å²) < 4.78 is 8.15. The molecule has 1 unspecified atom stereocenters. The minimum atomic E-state index is -0.905. The van der Waals surface area contributed by atoms with Crippen molar-refractivity contribution in [1.82, 2.24) is 9.88 Å². The van der Waals surface area contributed by atoms with Gasteiger partial charge in [0.1, 0.15) is 0 Å². The van der Waals surface area contributed by atoms with Gasteiger partial charge in [0, 0.05) is 41.8 Å². The van der Waals surface area contributed by atoms with E-state index in [1.165, 1.54) is 38.5 Å². The summed E-state index contributed by atoms with van der Waals surface area (Å²) in [6.07, 6.45) is 12.1. The van der Waals surface area contributed by atoms with E-state index in [-0.39, 0.29) is 12.5 Å².